The third kappa shape index (κ3) is 7.62. The van der Waals surface area contributed by atoms with E-state index in [1.54, 1.807) is 48.5 Å². The summed E-state index contributed by atoms with van der Waals surface area (Å²) in [6.07, 6.45) is 1.99. The Kier molecular flexibility index (Phi) is 10.6. The van der Waals surface area contributed by atoms with Gasteiger partial charge in [-0.3, -0.25) is 0 Å². The summed E-state index contributed by atoms with van der Waals surface area (Å²) in [6.45, 7) is 15.9. The lowest BCUT2D eigenvalue weighted by Crippen LogP contribution is -2.43. The van der Waals surface area contributed by atoms with Crippen LogP contribution in [0, 0.1) is 11.6 Å². The number of carbonyl (C=O) groups excluding carboxylic acids is 2. The van der Waals surface area contributed by atoms with Gasteiger partial charge >= 0.3 is 11.9 Å². The Labute approximate surface area is 247 Å². The van der Waals surface area contributed by atoms with Gasteiger partial charge in [0.15, 0.2) is 11.6 Å². The monoisotopic (exact) mass is 592 g/mol. The van der Waals surface area contributed by atoms with Crippen molar-refractivity contribution >= 4 is 25.2 Å². The summed E-state index contributed by atoms with van der Waals surface area (Å²) in [5, 5.41) is 11.3. The highest BCUT2D eigenvalue weighted by molar-refractivity contribution is 6.89. The fraction of sp³-hybridized carbons (Fsp3) is 0.294. The molecule has 3 aromatic carbocycles. The Morgan fingerprint density at radius 1 is 0.810 bits per heavy atom. The first kappa shape index (κ1) is 32.5. The number of rotatable bonds is 12. The minimum Gasteiger partial charge on any atom is -0.507 e. The van der Waals surface area contributed by atoms with Crippen LogP contribution < -0.4 is 5.19 Å². The summed E-state index contributed by atoms with van der Waals surface area (Å²) in [7, 11) is -2.12. The molecule has 3 aromatic rings. The molecule has 0 aromatic heterocycles. The molecule has 0 bridgehead atoms. The molecule has 0 saturated carbocycles. The molecule has 0 aliphatic carbocycles. The summed E-state index contributed by atoms with van der Waals surface area (Å²) >= 11 is 0. The number of ether oxygens (including phenoxy) is 2. The third-order valence-corrected chi connectivity index (χ3v) is 10.6. The van der Waals surface area contributed by atoms with Crippen molar-refractivity contribution in [1.29, 1.82) is 0 Å². The molecule has 8 heteroatoms. The standard InChI is InChI=1S/C34H38F2O5Si/c1-8-9-16-42(6,7)29-15-14-28(30(35)31(29)36)24-12-10-23(11-13-24)25-17-26(19-40-33(38)21(2)3)32(37)27(18-25)20-41-34(39)22(4)5/h10-15,17-18,37H,2,4,8-9,16,19-20H2,1,3,5-7H3. The van der Waals surface area contributed by atoms with E-state index >= 15 is 8.78 Å². The van der Waals surface area contributed by atoms with Gasteiger partial charge in [-0.25, -0.2) is 18.4 Å². The van der Waals surface area contributed by atoms with Crippen molar-refractivity contribution in [2.75, 3.05) is 0 Å². The van der Waals surface area contributed by atoms with Crippen LogP contribution in [0.2, 0.25) is 19.1 Å². The molecule has 0 aliphatic rings. The van der Waals surface area contributed by atoms with Crippen LogP contribution in [0.5, 0.6) is 5.75 Å². The summed E-state index contributed by atoms with van der Waals surface area (Å²) < 4.78 is 41.0. The molecular formula is C34H38F2O5Si. The maximum absolute atomic E-state index is 15.3. The number of benzene rings is 3. The van der Waals surface area contributed by atoms with E-state index in [0.717, 1.165) is 18.9 Å². The molecule has 0 saturated heterocycles. The normalized spacial score (nSPS) is 11.2. The summed E-state index contributed by atoms with van der Waals surface area (Å²) in [4.78, 5) is 23.9. The van der Waals surface area contributed by atoms with Crippen molar-refractivity contribution in [3.05, 3.63) is 95.6 Å². The van der Waals surface area contributed by atoms with Gasteiger partial charge < -0.3 is 14.6 Å². The second-order valence-electron chi connectivity index (χ2n) is 11.2. The topological polar surface area (TPSA) is 72.8 Å². The Bertz CT molecular complexity index is 1460. The number of esters is 2. The molecule has 3 rings (SSSR count). The number of halogens is 2. The number of carbonyl (C=O) groups is 2. The molecule has 1 N–H and O–H groups in total. The Hall–Kier alpha value is -4.04. The van der Waals surface area contributed by atoms with Crippen molar-refractivity contribution in [2.45, 2.75) is 66.0 Å². The van der Waals surface area contributed by atoms with E-state index in [1.165, 1.54) is 13.8 Å². The molecule has 0 atom stereocenters. The molecule has 222 valence electrons. The van der Waals surface area contributed by atoms with Crippen LogP contribution in [0.15, 0.2) is 72.8 Å². The van der Waals surface area contributed by atoms with Crippen LogP contribution >= 0.6 is 0 Å². The van der Waals surface area contributed by atoms with Crippen molar-refractivity contribution in [3.8, 4) is 28.0 Å². The summed E-state index contributed by atoms with van der Waals surface area (Å²) in [5.41, 5.74) is 3.03. The van der Waals surface area contributed by atoms with E-state index in [9.17, 15) is 14.7 Å². The summed E-state index contributed by atoms with van der Waals surface area (Å²) in [5.74, 6) is -3.04. The zero-order valence-corrected chi connectivity index (χ0v) is 25.9. The van der Waals surface area contributed by atoms with Crippen LogP contribution in [0.25, 0.3) is 22.3 Å². The summed E-state index contributed by atoms with van der Waals surface area (Å²) in [6, 6.07) is 14.5. The number of hydrogen-bond acceptors (Lipinski definition) is 5. The van der Waals surface area contributed by atoms with Gasteiger partial charge in [-0.05, 0) is 47.9 Å². The number of hydrogen-bond donors (Lipinski definition) is 1. The van der Waals surface area contributed by atoms with Crippen molar-refractivity contribution in [3.63, 3.8) is 0 Å². The molecule has 42 heavy (non-hydrogen) atoms. The van der Waals surface area contributed by atoms with E-state index in [4.69, 9.17) is 9.47 Å². The minimum atomic E-state index is -2.12. The lowest BCUT2D eigenvalue weighted by Gasteiger charge is -2.24. The van der Waals surface area contributed by atoms with Gasteiger partial charge in [0.2, 0.25) is 0 Å². The zero-order chi connectivity index (χ0) is 31.2. The van der Waals surface area contributed by atoms with E-state index in [-0.39, 0.29) is 35.7 Å². The van der Waals surface area contributed by atoms with Gasteiger partial charge in [0, 0.05) is 27.8 Å². The van der Waals surface area contributed by atoms with Crippen LogP contribution in [0.4, 0.5) is 8.78 Å². The van der Waals surface area contributed by atoms with Gasteiger partial charge in [-0.2, -0.15) is 0 Å². The van der Waals surface area contributed by atoms with E-state index in [0.29, 0.717) is 33.0 Å². The maximum Gasteiger partial charge on any atom is 0.333 e. The minimum absolute atomic E-state index is 0.175. The lowest BCUT2D eigenvalue weighted by molar-refractivity contribution is -0.140. The van der Waals surface area contributed by atoms with Gasteiger partial charge in [0.25, 0.3) is 0 Å². The molecule has 0 spiro atoms. The quantitative estimate of drug-likeness (QED) is 0.131. The molecule has 0 heterocycles. The SMILES string of the molecule is C=C(C)C(=O)OCc1cc(-c2ccc(-c3ccc([Si](C)(C)CCCC)c(F)c3F)cc2)cc(COC(=O)C(=C)C)c1O. The lowest BCUT2D eigenvalue weighted by atomic mass is 9.96. The molecule has 0 fully saturated rings. The van der Waals surface area contributed by atoms with Crippen LogP contribution in [-0.2, 0) is 32.3 Å². The van der Waals surface area contributed by atoms with Crippen molar-refractivity contribution in [1.82, 2.24) is 0 Å². The van der Waals surface area contributed by atoms with Crippen LogP contribution in [0.3, 0.4) is 0 Å². The number of aromatic hydroxyl groups is 1. The molecule has 5 nitrogen and oxygen atoms in total. The van der Waals surface area contributed by atoms with Crippen molar-refractivity contribution < 1.29 is 33.0 Å². The highest BCUT2D eigenvalue weighted by Crippen LogP contribution is 2.34. The fourth-order valence-electron chi connectivity index (χ4n) is 4.57. The largest absolute Gasteiger partial charge is 0.507 e. The first-order chi connectivity index (χ1) is 19.8. The molecule has 0 aliphatic heterocycles. The highest BCUT2D eigenvalue weighted by Gasteiger charge is 2.29. The highest BCUT2D eigenvalue weighted by atomic mass is 28.3. The first-order valence-corrected chi connectivity index (χ1v) is 17.1. The van der Waals surface area contributed by atoms with Gasteiger partial charge in [-0.15, -0.1) is 0 Å². The smallest absolute Gasteiger partial charge is 0.333 e. The number of unbranched alkanes of at least 4 members (excludes halogenated alkanes) is 1. The fourth-order valence-corrected chi connectivity index (χ4v) is 7.32. The average Bonchev–Trinajstić information content (AvgIpc) is 2.95. The van der Waals surface area contributed by atoms with Gasteiger partial charge in [0.1, 0.15) is 19.0 Å². The predicted molar refractivity (Wildman–Crippen MR) is 165 cm³/mol. The number of phenolic OH excluding ortho intramolecular Hbond substituents is 1. The third-order valence-electron chi connectivity index (χ3n) is 7.18. The number of phenols is 1. The van der Waals surface area contributed by atoms with Crippen LogP contribution in [-0.4, -0.2) is 25.1 Å². The van der Waals surface area contributed by atoms with Gasteiger partial charge in [-0.1, -0.05) is 88.5 Å². The first-order valence-electron chi connectivity index (χ1n) is 13.9. The second-order valence-corrected chi connectivity index (χ2v) is 16.0. The average molecular weight is 593 g/mol. The predicted octanol–water partition coefficient (Wildman–Crippen LogP) is 7.96. The van der Waals surface area contributed by atoms with E-state index in [1.807, 2.05) is 0 Å². The molecular weight excluding hydrogens is 554 g/mol. The maximum atomic E-state index is 15.3. The van der Waals surface area contributed by atoms with E-state index < -0.39 is 31.6 Å². The Morgan fingerprint density at radius 2 is 1.31 bits per heavy atom. The second kappa shape index (κ2) is 13.7. The van der Waals surface area contributed by atoms with Crippen LogP contribution in [0.1, 0.15) is 44.7 Å². The molecule has 0 radical (unpaired) electrons. The van der Waals surface area contributed by atoms with Gasteiger partial charge in [0.05, 0.1) is 8.07 Å². The Balaban J connectivity index is 1.97. The van der Waals surface area contributed by atoms with E-state index in [2.05, 4.69) is 33.2 Å². The molecule has 0 unspecified atom stereocenters. The zero-order valence-electron chi connectivity index (χ0n) is 24.9. The molecule has 0 amide bonds. The Morgan fingerprint density at radius 3 is 1.79 bits per heavy atom. The van der Waals surface area contributed by atoms with Crippen molar-refractivity contribution in [2.24, 2.45) is 0 Å².